The third kappa shape index (κ3) is 6.37. The maximum Gasteiger partial charge on any atom is 0.132 e. The summed E-state index contributed by atoms with van der Waals surface area (Å²) >= 11 is 0. The summed E-state index contributed by atoms with van der Waals surface area (Å²) < 4.78 is 0. The molecule has 4 nitrogen and oxygen atoms in total. The molecule has 4 heteroatoms. The van der Waals surface area contributed by atoms with Gasteiger partial charge in [0.25, 0.3) is 0 Å². The molecule has 0 fully saturated rings. The van der Waals surface area contributed by atoms with Gasteiger partial charge in [-0.25, -0.2) is 0 Å². The van der Waals surface area contributed by atoms with Crippen LogP contribution in [0.5, 0.6) is 17.2 Å². The van der Waals surface area contributed by atoms with Crippen molar-refractivity contribution in [2.45, 2.75) is 26.7 Å². The number of rotatable bonds is 2. The van der Waals surface area contributed by atoms with Crippen molar-refractivity contribution < 1.29 is 20.1 Å². The number of ketones is 1. The highest BCUT2D eigenvalue weighted by Gasteiger charge is 1.94. The SMILES string of the molecule is CCC(=O)CC.Oc1cc(O)cc(O)c1. The molecule has 0 heterocycles. The average Bonchev–Trinajstić information content (AvgIpc) is 2.15. The molecular formula is C11H16O4. The Balaban J connectivity index is 0.000000288. The van der Waals surface area contributed by atoms with E-state index in [0.29, 0.717) is 18.6 Å². The summed E-state index contributed by atoms with van der Waals surface area (Å²) in [6, 6.07) is 3.42. The van der Waals surface area contributed by atoms with Crippen molar-refractivity contribution in [3.05, 3.63) is 18.2 Å². The van der Waals surface area contributed by atoms with E-state index in [-0.39, 0.29) is 17.2 Å². The van der Waals surface area contributed by atoms with Gasteiger partial charge in [-0.3, -0.25) is 4.79 Å². The van der Waals surface area contributed by atoms with Crippen molar-refractivity contribution in [2.24, 2.45) is 0 Å². The van der Waals surface area contributed by atoms with E-state index in [1.165, 1.54) is 0 Å². The van der Waals surface area contributed by atoms with E-state index in [1.54, 1.807) is 0 Å². The number of benzene rings is 1. The maximum atomic E-state index is 10.2. The number of hydrogen-bond donors (Lipinski definition) is 3. The smallest absolute Gasteiger partial charge is 0.132 e. The van der Waals surface area contributed by atoms with E-state index in [4.69, 9.17) is 15.3 Å². The zero-order valence-corrected chi connectivity index (χ0v) is 8.90. The lowest BCUT2D eigenvalue weighted by Gasteiger charge is -1.94. The second-order valence-corrected chi connectivity index (χ2v) is 2.95. The van der Waals surface area contributed by atoms with Crippen molar-refractivity contribution >= 4 is 5.78 Å². The fourth-order valence-electron chi connectivity index (χ4n) is 0.830. The normalized spacial score (nSPS) is 8.93. The van der Waals surface area contributed by atoms with Crippen LogP contribution in [0.2, 0.25) is 0 Å². The molecule has 0 saturated heterocycles. The lowest BCUT2D eigenvalue weighted by Crippen LogP contribution is -1.88. The molecule has 1 aromatic rings. The zero-order valence-electron chi connectivity index (χ0n) is 8.90. The number of phenols is 3. The molecule has 0 radical (unpaired) electrons. The molecule has 1 aromatic carbocycles. The first kappa shape index (κ1) is 13.3. The number of phenolic OH excluding ortho intramolecular Hbond substituents is 3. The molecular weight excluding hydrogens is 196 g/mol. The monoisotopic (exact) mass is 212 g/mol. The predicted octanol–water partition coefficient (Wildman–Crippen LogP) is 2.18. The van der Waals surface area contributed by atoms with Crippen LogP contribution in [0.1, 0.15) is 26.7 Å². The van der Waals surface area contributed by atoms with Crippen LogP contribution in [0.3, 0.4) is 0 Å². The number of Topliss-reactive ketones (excluding diaryl/α,β-unsaturated/α-hetero) is 1. The Morgan fingerprint density at radius 2 is 1.20 bits per heavy atom. The Morgan fingerprint density at radius 1 is 0.933 bits per heavy atom. The van der Waals surface area contributed by atoms with Crippen molar-refractivity contribution in [1.82, 2.24) is 0 Å². The minimum Gasteiger partial charge on any atom is -0.508 e. The fourth-order valence-corrected chi connectivity index (χ4v) is 0.830. The van der Waals surface area contributed by atoms with Crippen LogP contribution in [-0.4, -0.2) is 21.1 Å². The summed E-state index contributed by atoms with van der Waals surface area (Å²) in [7, 11) is 0. The van der Waals surface area contributed by atoms with Gasteiger partial charge in [0.2, 0.25) is 0 Å². The predicted molar refractivity (Wildman–Crippen MR) is 57.0 cm³/mol. The Hall–Kier alpha value is -1.71. The van der Waals surface area contributed by atoms with Crippen LogP contribution in [0.15, 0.2) is 18.2 Å². The minimum atomic E-state index is -0.146. The summed E-state index contributed by atoms with van der Waals surface area (Å²) in [4.78, 5) is 10.2. The third-order valence-corrected chi connectivity index (χ3v) is 1.68. The van der Waals surface area contributed by atoms with Crippen molar-refractivity contribution in [3.8, 4) is 17.2 Å². The van der Waals surface area contributed by atoms with Crippen LogP contribution in [-0.2, 0) is 4.79 Å². The first-order valence-electron chi connectivity index (χ1n) is 4.73. The summed E-state index contributed by atoms with van der Waals surface area (Å²) in [5.41, 5.74) is 0. The second-order valence-electron chi connectivity index (χ2n) is 2.95. The van der Waals surface area contributed by atoms with Crippen LogP contribution in [0.25, 0.3) is 0 Å². The van der Waals surface area contributed by atoms with Gasteiger partial charge in [-0.1, -0.05) is 13.8 Å². The molecule has 0 aliphatic rings. The van der Waals surface area contributed by atoms with E-state index in [2.05, 4.69) is 0 Å². The zero-order chi connectivity index (χ0) is 11.8. The molecule has 15 heavy (non-hydrogen) atoms. The molecule has 0 amide bonds. The van der Waals surface area contributed by atoms with Gasteiger partial charge < -0.3 is 15.3 Å². The van der Waals surface area contributed by atoms with Crippen molar-refractivity contribution in [1.29, 1.82) is 0 Å². The Morgan fingerprint density at radius 3 is 1.33 bits per heavy atom. The van der Waals surface area contributed by atoms with Crippen LogP contribution in [0.4, 0.5) is 0 Å². The van der Waals surface area contributed by atoms with Gasteiger partial charge in [0.05, 0.1) is 0 Å². The maximum absolute atomic E-state index is 10.2. The number of carbonyl (C=O) groups excluding carboxylic acids is 1. The van der Waals surface area contributed by atoms with Crippen molar-refractivity contribution in [2.75, 3.05) is 0 Å². The molecule has 0 atom stereocenters. The van der Waals surface area contributed by atoms with Gasteiger partial charge in [0, 0.05) is 31.0 Å². The van der Waals surface area contributed by atoms with Gasteiger partial charge in [-0.2, -0.15) is 0 Å². The molecule has 1 rings (SSSR count). The quantitative estimate of drug-likeness (QED) is 0.702. The molecule has 0 aliphatic carbocycles. The minimum absolute atomic E-state index is 0.146. The standard InChI is InChI=1S/C6H6O3.C5H10O/c7-4-1-5(8)3-6(9)2-4;1-3-5(6)4-2/h1-3,7-9H;3-4H2,1-2H3. The summed E-state index contributed by atoms with van der Waals surface area (Å²) in [5.74, 6) is -0.0949. The van der Waals surface area contributed by atoms with Crippen molar-refractivity contribution in [3.63, 3.8) is 0 Å². The number of hydrogen-bond acceptors (Lipinski definition) is 4. The topological polar surface area (TPSA) is 77.8 Å². The van der Waals surface area contributed by atoms with Gasteiger partial charge in [-0.05, 0) is 0 Å². The molecule has 84 valence electrons. The molecule has 0 unspecified atom stereocenters. The van der Waals surface area contributed by atoms with Crippen LogP contribution >= 0.6 is 0 Å². The summed E-state index contributed by atoms with van der Waals surface area (Å²) in [6.07, 6.45) is 1.38. The van der Waals surface area contributed by atoms with Crippen LogP contribution in [0, 0.1) is 0 Å². The highest BCUT2D eigenvalue weighted by Crippen LogP contribution is 2.23. The Bertz CT molecular complexity index is 264. The van der Waals surface area contributed by atoms with Gasteiger partial charge in [0.15, 0.2) is 0 Å². The third-order valence-electron chi connectivity index (χ3n) is 1.68. The van der Waals surface area contributed by atoms with E-state index in [0.717, 1.165) is 18.2 Å². The van der Waals surface area contributed by atoms with Gasteiger partial charge in [-0.15, -0.1) is 0 Å². The molecule has 0 saturated carbocycles. The molecule has 0 bridgehead atoms. The largest absolute Gasteiger partial charge is 0.508 e. The molecule has 0 aromatic heterocycles. The lowest BCUT2D eigenvalue weighted by atomic mass is 10.3. The number of carbonyl (C=O) groups is 1. The van der Waals surface area contributed by atoms with E-state index in [1.807, 2.05) is 13.8 Å². The Labute approximate surface area is 88.8 Å². The van der Waals surface area contributed by atoms with Crippen LogP contribution < -0.4 is 0 Å². The first-order valence-corrected chi connectivity index (χ1v) is 4.73. The Kier molecular flexibility index (Phi) is 5.94. The van der Waals surface area contributed by atoms with Gasteiger partial charge in [0.1, 0.15) is 23.0 Å². The highest BCUT2D eigenvalue weighted by atomic mass is 16.3. The second kappa shape index (κ2) is 6.70. The molecule has 3 N–H and O–H groups in total. The lowest BCUT2D eigenvalue weighted by molar-refractivity contribution is -0.118. The van der Waals surface area contributed by atoms with E-state index >= 15 is 0 Å². The fraction of sp³-hybridized carbons (Fsp3) is 0.364. The highest BCUT2D eigenvalue weighted by molar-refractivity contribution is 5.77. The average molecular weight is 212 g/mol. The summed E-state index contributed by atoms with van der Waals surface area (Å²) in [6.45, 7) is 3.76. The first-order chi connectivity index (χ1) is 6.99. The van der Waals surface area contributed by atoms with E-state index < -0.39 is 0 Å². The molecule has 0 aliphatic heterocycles. The van der Waals surface area contributed by atoms with Gasteiger partial charge >= 0.3 is 0 Å². The van der Waals surface area contributed by atoms with E-state index in [9.17, 15) is 4.79 Å². The number of aromatic hydroxyl groups is 3. The molecule has 0 spiro atoms. The summed E-state index contributed by atoms with van der Waals surface area (Å²) in [5, 5.41) is 26.0.